The van der Waals surface area contributed by atoms with Crippen molar-refractivity contribution in [3.8, 4) is 17.2 Å². The van der Waals surface area contributed by atoms with Crippen LogP contribution < -0.4 is 20.5 Å². The molecule has 4 aromatic rings. The summed E-state index contributed by atoms with van der Waals surface area (Å²) in [6, 6.07) is 19.2. The lowest BCUT2D eigenvalue weighted by Crippen LogP contribution is -2.24. The van der Waals surface area contributed by atoms with Crippen LogP contribution in [0.5, 0.6) is 11.5 Å². The number of halogens is 1. The number of esters is 1. The van der Waals surface area contributed by atoms with Crippen LogP contribution in [0.15, 0.2) is 86.3 Å². The summed E-state index contributed by atoms with van der Waals surface area (Å²) in [5, 5.41) is 4.85. The van der Waals surface area contributed by atoms with Crippen LogP contribution in [0, 0.1) is 0 Å². The minimum Gasteiger partial charge on any atom is -0.493 e. The van der Waals surface area contributed by atoms with Gasteiger partial charge in [0.2, 0.25) is 0 Å². The molecule has 0 aliphatic carbocycles. The van der Waals surface area contributed by atoms with Gasteiger partial charge in [-0.25, -0.2) is 10.4 Å². The van der Waals surface area contributed by atoms with Crippen LogP contribution in [-0.4, -0.2) is 40.5 Å². The summed E-state index contributed by atoms with van der Waals surface area (Å²) in [5.74, 6) is -0.222. The van der Waals surface area contributed by atoms with Gasteiger partial charge in [-0.1, -0.05) is 39.8 Å². The molecular formula is C26H21BrN4O5S. The summed E-state index contributed by atoms with van der Waals surface area (Å²) in [4.78, 5) is 41.6. The molecular weight excluding hydrogens is 560 g/mol. The third-order valence-corrected chi connectivity index (χ3v) is 6.47. The van der Waals surface area contributed by atoms with E-state index in [0.29, 0.717) is 33.1 Å². The topological polar surface area (TPSA) is 112 Å². The van der Waals surface area contributed by atoms with Crippen molar-refractivity contribution >= 4 is 56.7 Å². The van der Waals surface area contributed by atoms with Gasteiger partial charge in [-0.2, -0.15) is 5.10 Å². The molecule has 1 aromatic heterocycles. The van der Waals surface area contributed by atoms with Gasteiger partial charge in [0.1, 0.15) is 0 Å². The maximum Gasteiger partial charge on any atom is 0.308 e. The first-order valence-electron chi connectivity index (χ1n) is 10.9. The van der Waals surface area contributed by atoms with E-state index >= 15 is 0 Å². The van der Waals surface area contributed by atoms with Gasteiger partial charge in [-0.05, 0) is 60.2 Å². The molecule has 0 saturated carbocycles. The highest BCUT2D eigenvalue weighted by Crippen LogP contribution is 2.27. The van der Waals surface area contributed by atoms with Crippen LogP contribution in [0.4, 0.5) is 0 Å². The maximum absolute atomic E-state index is 13.3. The Labute approximate surface area is 224 Å². The molecule has 0 aliphatic heterocycles. The van der Waals surface area contributed by atoms with E-state index in [9.17, 15) is 14.4 Å². The van der Waals surface area contributed by atoms with Crippen molar-refractivity contribution in [1.82, 2.24) is 15.0 Å². The number of ether oxygens (including phenoxy) is 2. The molecule has 9 nitrogen and oxygen atoms in total. The molecule has 1 amide bonds. The van der Waals surface area contributed by atoms with Gasteiger partial charge < -0.3 is 9.47 Å². The van der Waals surface area contributed by atoms with E-state index < -0.39 is 5.97 Å². The number of rotatable bonds is 8. The van der Waals surface area contributed by atoms with E-state index in [4.69, 9.17) is 9.47 Å². The van der Waals surface area contributed by atoms with E-state index in [1.165, 1.54) is 24.8 Å². The average Bonchev–Trinajstić information content (AvgIpc) is 2.89. The number of amides is 1. The van der Waals surface area contributed by atoms with E-state index in [1.54, 1.807) is 48.5 Å². The van der Waals surface area contributed by atoms with Crippen molar-refractivity contribution in [2.24, 2.45) is 5.10 Å². The first-order chi connectivity index (χ1) is 17.9. The number of benzene rings is 3. The fourth-order valence-corrected chi connectivity index (χ4v) is 4.44. The molecule has 0 atom stereocenters. The third kappa shape index (κ3) is 6.43. The van der Waals surface area contributed by atoms with Crippen LogP contribution in [0.3, 0.4) is 0 Å². The fourth-order valence-electron chi connectivity index (χ4n) is 3.37. The molecule has 11 heteroatoms. The summed E-state index contributed by atoms with van der Waals surface area (Å²) >= 11 is 4.53. The molecule has 0 spiro atoms. The number of carbonyl (C=O) groups excluding carboxylic acids is 2. The zero-order chi connectivity index (χ0) is 26.4. The SMILES string of the molecule is COc1cc(C=NNC(=O)CSc2nc3ccccc3c(=O)n2-c2ccc(Br)cc2)ccc1OC(C)=O. The number of aromatic nitrogens is 2. The van der Waals surface area contributed by atoms with Gasteiger partial charge in [-0.15, -0.1) is 0 Å². The Hall–Kier alpha value is -3.96. The van der Waals surface area contributed by atoms with Crippen molar-refractivity contribution < 1.29 is 19.1 Å². The lowest BCUT2D eigenvalue weighted by molar-refractivity contribution is -0.132. The van der Waals surface area contributed by atoms with E-state index in [0.717, 1.165) is 16.2 Å². The molecule has 0 bridgehead atoms. The van der Waals surface area contributed by atoms with E-state index in [2.05, 4.69) is 31.4 Å². The largest absolute Gasteiger partial charge is 0.493 e. The molecule has 1 N–H and O–H groups in total. The Morgan fingerprint density at radius 1 is 1.11 bits per heavy atom. The highest BCUT2D eigenvalue weighted by Gasteiger charge is 2.15. The quantitative estimate of drug-likeness (QED) is 0.0824. The van der Waals surface area contributed by atoms with Gasteiger partial charge in [0.25, 0.3) is 11.5 Å². The normalized spacial score (nSPS) is 11.0. The van der Waals surface area contributed by atoms with E-state index in [-0.39, 0.29) is 23.0 Å². The molecule has 0 radical (unpaired) electrons. The average molecular weight is 581 g/mol. The van der Waals surface area contributed by atoms with Crippen molar-refractivity contribution in [2.75, 3.05) is 12.9 Å². The van der Waals surface area contributed by atoms with Crippen LogP contribution in [0.2, 0.25) is 0 Å². The molecule has 0 saturated heterocycles. The fraction of sp³-hybridized carbons (Fsp3) is 0.115. The highest BCUT2D eigenvalue weighted by atomic mass is 79.9. The Kier molecular flexibility index (Phi) is 8.36. The summed E-state index contributed by atoms with van der Waals surface area (Å²) < 4.78 is 12.7. The number of nitrogens with zero attached hydrogens (tertiary/aromatic N) is 3. The highest BCUT2D eigenvalue weighted by molar-refractivity contribution is 9.10. The standard InChI is InChI=1S/C26H21BrN4O5S/c1-16(32)36-22-12-7-17(13-23(22)35-2)14-28-30-24(33)15-37-26-29-21-6-4-3-5-20(21)25(34)31(26)19-10-8-18(27)9-11-19/h3-14H,15H2,1-2H3,(H,30,33). The Morgan fingerprint density at radius 2 is 1.86 bits per heavy atom. The Morgan fingerprint density at radius 3 is 2.59 bits per heavy atom. The molecule has 3 aromatic carbocycles. The number of fused-ring (bicyclic) bond motifs is 1. The monoisotopic (exact) mass is 580 g/mol. The minimum atomic E-state index is -0.462. The molecule has 37 heavy (non-hydrogen) atoms. The van der Waals surface area contributed by atoms with Gasteiger partial charge in [0, 0.05) is 11.4 Å². The lowest BCUT2D eigenvalue weighted by atomic mass is 10.2. The maximum atomic E-state index is 13.3. The number of hydrogen-bond acceptors (Lipinski definition) is 8. The number of hydrazone groups is 1. The zero-order valence-electron chi connectivity index (χ0n) is 19.8. The van der Waals surface area contributed by atoms with Crippen LogP contribution >= 0.6 is 27.7 Å². The molecule has 0 unspecified atom stereocenters. The summed E-state index contributed by atoms with van der Waals surface area (Å²) in [7, 11) is 1.46. The Balaban J connectivity index is 1.49. The Bertz CT molecular complexity index is 1550. The number of thioether (sulfide) groups is 1. The molecule has 0 fully saturated rings. The third-order valence-electron chi connectivity index (χ3n) is 5.01. The summed E-state index contributed by atoms with van der Waals surface area (Å²) in [6.45, 7) is 1.30. The number of para-hydroxylation sites is 1. The second-order valence-corrected chi connectivity index (χ2v) is 9.47. The lowest BCUT2D eigenvalue weighted by Gasteiger charge is -2.13. The number of nitrogens with one attached hydrogen (secondary N) is 1. The first-order valence-corrected chi connectivity index (χ1v) is 12.7. The van der Waals surface area contributed by atoms with Gasteiger partial charge >= 0.3 is 5.97 Å². The molecule has 4 rings (SSSR count). The van der Waals surface area contributed by atoms with Crippen molar-refractivity contribution in [2.45, 2.75) is 12.1 Å². The van der Waals surface area contributed by atoms with Crippen molar-refractivity contribution in [1.29, 1.82) is 0 Å². The predicted octanol–water partition coefficient (Wildman–Crippen LogP) is 4.32. The van der Waals surface area contributed by atoms with E-state index in [1.807, 2.05) is 18.2 Å². The van der Waals surface area contributed by atoms with Gasteiger partial charge in [-0.3, -0.25) is 19.0 Å². The number of carbonyl (C=O) groups is 2. The van der Waals surface area contributed by atoms with Crippen LogP contribution in [-0.2, 0) is 9.59 Å². The second-order valence-electron chi connectivity index (χ2n) is 7.61. The molecule has 188 valence electrons. The smallest absolute Gasteiger partial charge is 0.308 e. The number of hydrogen-bond donors (Lipinski definition) is 1. The first kappa shape index (κ1) is 26.1. The summed E-state index contributed by atoms with van der Waals surface area (Å²) in [5.41, 5.74) is 4.06. The number of methoxy groups -OCH3 is 1. The minimum absolute atomic E-state index is 0.0205. The predicted molar refractivity (Wildman–Crippen MR) is 146 cm³/mol. The molecule has 1 heterocycles. The molecule has 0 aliphatic rings. The van der Waals surface area contributed by atoms with Crippen molar-refractivity contribution in [3.05, 3.63) is 87.1 Å². The van der Waals surface area contributed by atoms with Crippen molar-refractivity contribution in [3.63, 3.8) is 0 Å². The second kappa shape index (κ2) is 11.8. The van der Waals surface area contributed by atoms with Crippen LogP contribution in [0.25, 0.3) is 16.6 Å². The van der Waals surface area contributed by atoms with Crippen LogP contribution in [0.1, 0.15) is 12.5 Å². The van der Waals surface area contributed by atoms with Gasteiger partial charge in [0.05, 0.1) is 35.7 Å². The summed E-state index contributed by atoms with van der Waals surface area (Å²) in [6.07, 6.45) is 1.44. The zero-order valence-corrected chi connectivity index (χ0v) is 22.2. The van der Waals surface area contributed by atoms with Gasteiger partial charge in [0.15, 0.2) is 16.7 Å².